The van der Waals surface area contributed by atoms with Crippen LogP contribution in [0.1, 0.15) is 25.8 Å². The van der Waals surface area contributed by atoms with E-state index in [4.69, 9.17) is 4.42 Å². The topological polar surface area (TPSA) is 98.2 Å². The van der Waals surface area contributed by atoms with Gasteiger partial charge in [-0.3, -0.25) is 0 Å². The summed E-state index contributed by atoms with van der Waals surface area (Å²) in [7, 11) is 0. The molecule has 0 bridgehead atoms. The van der Waals surface area contributed by atoms with Crippen LogP contribution in [-0.4, -0.2) is 16.8 Å². The molecule has 0 radical (unpaired) electrons. The summed E-state index contributed by atoms with van der Waals surface area (Å²) in [6.07, 6.45) is 1.34. The number of nitrogens with one attached hydrogen (secondary N) is 1. The molecule has 2 rings (SSSR count). The number of hydrogen-bond donors (Lipinski definition) is 3. The van der Waals surface area contributed by atoms with Gasteiger partial charge in [0.2, 0.25) is 11.3 Å². The predicted molar refractivity (Wildman–Crippen MR) is 74.3 cm³/mol. The van der Waals surface area contributed by atoms with Crippen LogP contribution in [0.3, 0.4) is 0 Å². The van der Waals surface area contributed by atoms with E-state index in [9.17, 15) is 20.2 Å². The molecule has 3 N–H and O–H groups in total. The van der Waals surface area contributed by atoms with Crippen LogP contribution in [0.15, 0.2) is 21.3 Å². The number of aromatic hydroxyl groups is 2. The molecular weight excluding hydrogens is 262 g/mol. The molecule has 1 aromatic carbocycles. The fourth-order valence-electron chi connectivity index (χ4n) is 2.30. The second-order valence-electron chi connectivity index (χ2n) is 4.61. The molecule has 1 unspecified atom stereocenters. The predicted octanol–water partition coefficient (Wildman–Crippen LogP) is 1.19. The van der Waals surface area contributed by atoms with Crippen molar-refractivity contribution in [1.29, 1.82) is 0 Å². The minimum Gasteiger partial charge on any atom is -0.629 e. The lowest BCUT2D eigenvalue weighted by Crippen LogP contribution is -3.01. The lowest BCUT2D eigenvalue weighted by atomic mass is 10.0. The first-order valence-corrected chi connectivity index (χ1v) is 6.54. The van der Waals surface area contributed by atoms with E-state index < -0.39 is 5.63 Å². The average Bonchev–Trinajstić information content (AvgIpc) is 2.37. The Bertz CT molecular complexity index is 692. The first-order chi connectivity index (χ1) is 9.49. The Morgan fingerprint density at radius 2 is 1.95 bits per heavy atom. The number of phenols is 2. The van der Waals surface area contributed by atoms with Gasteiger partial charge in [-0.15, -0.1) is 0 Å². The maximum Gasteiger partial charge on any atom is 0.336 e. The van der Waals surface area contributed by atoms with Gasteiger partial charge < -0.3 is 24.9 Å². The van der Waals surface area contributed by atoms with Crippen LogP contribution in [0.25, 0.3) is 11.0 Å². The van der Waals surface area contributed by atoms with Crippen molar-refractivity contribution in [3.8, 4) is 11.5 Å². The molecule has 6 nitrogen and oxygen atoms in total. The van der Waals surface area contributed by atoms with Gasteiger partial charge >= 0.3 is 5.63 Å². The summed E-state index contributed by atoms with van der Waals surface area (Å²) in [5, 5.41) is 31.8. The molecule has 108 valence electrons. The second-order valence-corrected chi connectivity index (χ2v) is 4.61. The normalized spacial score (nSPS) is 12.8. The lowest BCUT2D eigenvalue weighted by molar-refractivity contribution is -0.773. The van der Waals surface area contributed by atoms with E-state index >= 15 is 0 Å². The van der Waals surface area contributed by atoms with Crippen LogP contribution in [0.2, 0.25) is 0 Å². The molecule has 0 saturated carbocycles. The molecule has 1 aromatic heterocycles. The van der Waals surface area contributed by atoms with Crippen LogP contribution < -0.4 is 10.7 Å². The van der Waals surface area contributed by atoms with Crippen molar-refractivity contribution in [3.63, 3.8) is 0 Å². The third-order valence-corrected chi connectivity index (χ3v) is 3.17. The van der Waals surface area contributed by atoms with E-state index in [1.807, 2.05) is 6.92 Å². The van der Waals surface area contributed by atoms with Gasteiger partial charge in [0.15, 0.2) is 5.75 Å². The average molecular weight is 279 g/mol. The number of hydrogen-bond acceptors (Lipinski definition) is 5. The van der Waals surface area contributed by atoms with E-state index in [1.54, 1.807) is 6.92 Å². The van der Waals surface area contributed by atoms with Crippen LogP contribution in [0, 0.1) is 5.21 Å². The molecule has 0 aliphatic heterocycles. The number of benzene rings is 1. The quantitative estimate of drug-likeness (QED) is 0.338. The summed E-state index contributed by atoms with van der Waals surface area (Å²) in [5.41, 5.74) is -0.0711. The summed E-state index contributed by atoms with van der Waals surface area (Å²) in [6.45, 7) is 3.75. The second kappa shape index (κ2) is 5.52. The van der Waals surface area contributed by atoms with Gasteiger partial charge in [-0.05, 0) is 18.9 Å². The highest BCUT2D eigenvalue weighted by Gasteiger charge is 2.22. The number of fused-ring (bicyclic) bond motifs is 1. The van der Waals surface area contributed by atoms with Gasteiger partial charge in [0.05, 0.1) is 11.9 Å². The molecule has 20 heavy (non-hydrogen) atoms. The zero-order valence-corrected chi connectivity index (χ0v) is 11.4. The van der Waals surface area contributed by atoms with Crippen molar-refractivity contribution >= 4 is 16.7 Å². The molecule has 0 aliphatic carbocycles. The van der Waals surface area contributed by atoms with Crippen molar-refractivity contribution < 1.29 is 19.7 Å². The third kappa shape index (κ3) is 2.35. The number of quaternary nitrogens is 1. The summed E-state index contributed by atoms with van der Waals surface area (Å²) in [6, 6.07) is 2.42. The van der Waals surface area contributed by atoms with E-state index in [1.165, 1.54) is 6.07 Å². The van der Waals surface area contributed by atoms with Gasteiger partial charge in [-0.1, -0.05) is 13.3 Å². The van der Waals surface area contributed by atoms with E-state index in [-0.39, 0.29) is 34.4 Å². The number of hydroxylamine groups is 1. The minimum atomic E-state index is -0.601. The zero-order chi connectivity index (χ0) is 14.9. The maximum atomic E-state index is 11.9. The Morgan fingerprint density at radius 1 is 1.25 bits per heavy atom. The molecule has 0 spiro atoms. The Kier molecular flexibility index (Phi) is 3.96. The number of rotatable bonds is 4. The van der Waals surface area contributed by atoms with Gasteiger partial charge in [0.25, 0.3) is 0 Å². The van der Waals surface area contributed by atoms with Gasteiger partial charge in [-0.25, -0.2) is 4.79 Å². The van der Waals surface area contributed by atoms with Gasteiger partial charge in [-0.2, -0.15) is 0 Å². The molecule has 0 fully saturated rings. The van der Waals surface area contributed by atoms with Crippen molar-refractivity contribution in [2.75, 3.05) is 6.54 Å². The molecule has 1 atom stereocenters. The monoisotopic (exact) mass is 279 g/mol. The largest absolute Gasteiger partial charge is 0.629 e. The molecule has 0 aliphatic rings. The standard InChI is InChI=1S/C14H17NO5/c1-3-5-8-6-11(18)20-14-12(8)9(16)7-10(17)13(14)15(19)4-2/h6-7,15-17H,3-5H2,1-2H3. The summed E-state index contributed by atoms with van der Waals surface area (Å²) in [4.78, 5) is 11.6. The van der Waals surface area contributed by atoms with Crippen LogP contribution in [-0.2, 0) is 6.42 Å². The van der Waals surface area contributed by atoms with Crippen molar-refractivity contribution in [3.05, 3.63) is 33.3 Å². The fourth-order valence-corrected chi connectivity index (χ4v) is 2.30. The van der Waals surface area contributed by atoms with E-state index in [0.29, 0.717) is 17.4 Å². The van der Waals surface area contributed by atoms with Gasteiger partial charge in [0.1, 0.15) is 5.75 Å². The third-order valence-electron chi connectivity index (χ3n) is 3.17. The first kappa shape index (κ1) is 14.4. The minimum absolute atomic E-state index is 0.0368. The van der Waals surface area contributed by atoms with Gasteiger partial charge in [0, 0.05) is 12.1 Å². The molecule has 2 aromatic rings. The van der Waals surface area contributed by atoms with Crippen LogP contribution >= 0.6 is 0 Å². The van der Waals surface area contributed by atoms with Crippen molar-refractivity contribution in [2.24, 2.45) is 0 Å². The Hall–Kier alpha value is -2.05. The van der Waals surface area contributed by atoms with Crippen molar-refractivity contribution in [1.82, 2.24) is 0 Å². The Labute approximate surface area is 115 Å². The first-order valence-electron chi connectivity index (χ1n) is 6.54. The van der Waals surface area contributed by atoms with E-state index in [2.05, 4.69) is 0 Å². The fraction of sp³-hybridized carbons (Fsp3) is 0.357. The molecular formula is C14H17NO5. The van der Waals surface area contributed by atoms with E-state index in [0.717, 1.165) is 12.5 Å². The van der Waals surface area contributed by atoms with Crippen LogP contribution in [0.5, 0.6) is 11.5 Å². The molecule has 0 amide bonds. The SMILES string of the molecule is CCCc1cc(=O)oc2c([NH+]([O-])CC)c(O)cc(O)c12. The summed E-state index contributed by atoms with van der Waals surface area (Å²) < 4.78 is 5.07. The summed E-state index contributed by atoms with van der Waals surface area (Å²) >= 11 is 0. The highest BCUT2D eigenvalue weighted by atomic mass is 16.5. The highest BCUT2D eigenvalue weighted by Crippen LogP contribution is 2.37. The lowest BCUT2D eigenvalue weighted by Gasteiger charge is -2.22. The number of aryl methyl sites for hydroxylation is 1. The Morgan fingerprint density at radius 3 is 2.55 bits per heavy atom. The smallest absolute Gasteiger partial charge is 0.336 e. The van der Waals surface area contributed by atoms with Crippen molar-refractivity contribution in [2.45, 2.75) is 26.7 Å². The molecule has 1 heterocycles. The zero-order valence-electron chi connectivity index (χ0n) is 11.4. The highest BCUT2D eigenvalue weighted by molar-refractivity contribution is 5.95. The molecule has 6 heteroatoms. The Balaban J connectivity index is 2.91. The number of phenolic OH excluding ortho intramolecular Hbond substituents is 2. The summed E-state index contributed by atoms with van der Waals surface area (Å²) in [5.74, 6) is -0.573. The maximum absolute atomic E-state index is 11.9. The van der Waals surface area contributed by atoms with Crippen LogP contribution in [0.4, 0.5) is 5.69 Å². The molecule has 0 saturated heterocycles.